The van der Waals surface area contributed by atoms with E-state index in [4.69, 9.17) is 17.3 Å². The Kier molecular flexibility index (Phi) is 4.62. The first-order chi connectivity index (χ1) is 14.0. The zero-order valence-corrected chi connectivity index (χ0v) is 16.0. The Bertz CT molecular complexity index is 1250. The lowest BCUT2D eigenvalue weighted by molar-refractivity contribution is -0.593. The van der Waals surface area contributed by atoms with Gasteiger partial charge in [-0.3, -0.25) is 0 Å². The van der Waals surface area contributed by atoms with E-state index in [1.807, 2.05) is 49.4 Å². The summed E-state index contributed by atoms with van der Waals surface area (Å²) in [7, 11) is 0. The van der Waals surface area contributed by atoms with Crippen LogP contribution < -0.4 is 15.8 Å². The van der Waals surface area contributed by atoms with Crippen molar-refractivity contribution in [3.05, 3.63) is 70.4 Å². The molecule has 3 N–H and O–H groups in total. The molecular formula is C19H15ClN8O. The van der Waals surface area contributed by atoms with Gasteiger partial charge in [0.2, 0.25) is 18.0 Å². The largest absolute Gasteiger partial charge is 0.740 e. The van der Waals surface area contributed by atoms with Crippen molar-refractivity contribution < 1.29 is 4.73 Å². The standard InChI is InChI=1S/C19H15ClN8O/c1-11(25-19-14(8-21)18(22)27(29)10-24-19)13-7-16-23-9-15(20)28(16)26-17(13)12-5-3-2-4-6-12/h2-7,9-11H,22H2,1H3,(H,24,25). The van der Waals surface area contributed by atoms with Gasteiger partial charge < -0.3 is 16.3 Å². The van der Waals surface area contributed by atoms with Crippen molar-refractivity contribution in [3.63, 3.8) is 0 Å². The molecular weight excluding hydrogens is 392 g/mol. The number of imidazole rings is 1. The van der Waals surface area contributed by atoms with Crippen molar-refractivity contribution in [1.29, 1.82) is 5.26 Å². The molecule has 3 heterocycles. The molecule has 0 aliphatic heterocycles. The summed E-state index contributed by atoms with van der Waals surface area (Å²) < 4.78 is 1.91. The van der Waals surface area contributed by atoms with Gasteiger partial charge in [0.25, 0.3) is 0 Å². The second-order valence-corrected chi connectivity index (χ2v) is 6.71. The van der Waals surface area contributed by atoms with Gasteiger partial charge in [-0.05, 0) is 13.0 Å². The maximum Gasteiger partial charge on any atom is 0.242 e. The highest BCUT2D eigenvalue weighted by atomic mass is 35.5. The van der Waals surface area contributed by atoms with E-state index in [1.54, 1.807) is 4.52 Å². The molecule has 3 aromatic heterocycles. The van der Waals surface area contributed by atoms with Crippen molar-refractivity contribution in [3.8, 4) is 17.3 Å². The summed E-state index contributed by atoms with van der Waals surface area (Å²) in [4.78, 5) is 8.29. The Morgan fingerprint density at radius 2 is 2.07 bits per heavy atom. The summed E-state index contributed by atoms with van der Waals surface area (Å²) in [6.07, 6.45) is 2.54. The first kappa shape index (κ1) is 18.5. The summed E-state index contributed by atoms with van der Waals surface area (Å²) in [5, 5.41) is 29.2. The van der Waals surface area contributed by atoms with Gasteiger partial charge >= 0.3 is 0 Å². The minimum atomic E-state index is -0.334. The molecule has 1 aromatic carbocycles. The minimum absolute atomic E-state index is 0.0199. The van der Waals surface area contributed by atoms with Crippen LogP contribution in [0.5, 0.6) is 0 Å². The molecule has 1 unspecified atom stereocenters. The number of benzene rings is 1. The fourth-order valence-electron chi connectivity index (χ4n) is 3.02. The normalized spacial score (nSPS) is 11.9. The average molecular weight is 407 g/mol. The van der Waals surface area contributed by atoms with Crippen LogP contribution in [0.3, 0.4) is 0 Å². The highest BCUT2D eigenvalue weighted by molar-refractivity contribution is 6.29. The van der Waals surface area contributed by atoms with Crippen LogP contribution in [0, 0.1) is 16.5 Å². The molecule has 9 nitrogen and oxygen atoms in total. The van der Waals surface area contributed by atoms with Gasteiger partial charge in [-0.25, -0.2) is 14.2 Å². The van der Waals surface area contributed by atoms with Gasteiger partial charge in [-0.2, -0.15) is 10.4 Å². The van der Waals surface area contributed by atoms with Gasteiger partial charge in [0.05, 0.1) is 17.9 Å². The molecule has 29 heavy (non-hydrogen) atoms. The summed E-state index contributed by atoms with van der Waals surface area (Å²) in [6, 6.07) is 13.1. The van der Waals surface area contributed by atoms with Crippen LogP contribution in [-0.2, 0) is 0 Å². The Labute approximate surface area is 170 Å². The molecule has 0 saturated carbocycles. The predicted molar refractivity (Wildman–Crippen MR) is 108 cm³/mol. The molecule has 0 bridgehead atoms. The van der Waals surface area contributed by atoms with Crippen LogP contribution in [-0.4, -0.2) is 19.6 Å². The number of nitrogen functional groups attached to an aromatic ring is 1. The Morgan fingerprint density at radius 1 is 1.31 bits per heavy atom. The number of nitrogens with one attached hydrogen (secondary N) is 1. The number of nitriles is 1. The van der Waals surface area contributed by atoms with Gasteiger partial charge in [0.1, 0.15) is 6.07 Å². The average Bonchev–Trinajstić information content (AvgIpc) is 3.10. The SMILES string of the molecule is CC(Nc1nc[n+]([O-])c(N)c1C#N)c1cc2ncc(Cl)n2nc1-c1ccccc1. The smallest absolute Gasteiger partial charge is 0.242 e. The van der Waals surface area contributed by atoms with E-state index in [1.165, 1.54) is 6.20 Å². The van der Waals surface area contributed by atoms with Crippen molar-refractivity contribution in [1.82, 2.24) is 19.6 Å². The first-order valence-corrected chi connectivity index (χ1v) is 9.01. The number of rotatable bonds is 4. The fraction of sp³-hybridized carbons (Fsp3) is 0.105. The van der Waals surface area contributed by atoms with Crippen molar-refractivity contribution in [2.24, 2.45) is 0 Å². The molecule has 1 atom stereocenters. The molecule has 0 spiro atoms. The highest BCUT2D eigenvalue weighted by Gasteiger charge is 2.21. The lowest BCUT2D eigenvalue weighted by Gasteiger charge is -2.18. The topological polar surface area (TPSA) is 132 Å². The Balaban J connectivity index is 1.83. The predicted octanol–water partition coefficient (Wildman–Crippen LogP) is 2.71. The maximum absolute atomic E-state index is 11.6. The molecule has 0 aliphatic rings. The van der Waals surface area contributed by atoms with E-state index >= 15 is 0 Å². The summed E-state index contributed by atoms with van der Waals surface area (Å²) >= 11 is 6.20. The second-order valence-electron chi connectivity index (χ2n) is 6.32. The van der Waals surface area contributed by atoms with Crippen LogP contribution in [0.25, 0.3) is 16.9 Å². The van der Waals surface area contributed by atoms with E-state index in [0.29, 0.717) is 21.2 Å². The van der Waals surface area contributed by atoms with Gasteiger partial charge in [0, 0.05) is 11.1 Å². The quantitative estimate of drug-likeness (QED) is 0.393. The van der Waals surface area contributed by atoms with Crippen molar-refractivity contribution in [2.75, 3.05) is 11.1 Å². The number of hydrogen-bond donors (Lipinski definition) is 2. The van der Waals surface area contributed by atoms with Crippen LogP contribution >= 0.6 is 11.6 Å². The van der Waals surface area contributed by atoms with Crippen LogP contribution in [0.2, 0.25) is 5.15 Å². The van der Waals surface area contributed by atoms with E-state index in [9.17, 15) is 10.5 Å². The molecule has 0 amide bonds. The van der Waals surface area contributed by atoms with E-state index in [-0.39, 0.29) is 23.2 Å². The first-order valence-electron chi connectivity index (χ1n) is 8.63. The van der Waals surface area contributed by atoms with Crippen LogP contribution in [0.4, 0.5) is 11.6 Å². The molecule has 4 aromatic rings. The maximum atomic E-state index is 11.6. The van der Waals surface area contributed by atoms with Crippen LogP contribution in [0.1, 0.15) is 24.1 Å². The Hall–Kier alpha value is -3.90. The zero-order chi connectivity index (χ0) is 20.5. The number of fused-ring (bicyclic) bond motifs is 1. The number of hydrogen-bond acceptors (Lipinski definition) is 7. The molecule has 0 fully saturated rings. The number of halogens is 1. The van der Waals surface area contributed by atoms with E-state index in [0.717, 1.165) is 17.5 Å². The van der Waals surface area contributed by atoms with E-state index in [2.05, 4.69) is 20.4 Å². The van der Waals surface area contributed by atoms with Gasteiger partial charge in [-0.1, -0.05) is 46.9 Å². The third-order valence-corrected chi connectivity index (χ3v) is 4.74. The lowest BCUT2D eigenvalue weighted by Crippen LogP contribution is -2.32. The van der Waals surface area contributed by atoms with Gasteiger partial charge in [-0.15, -0.1) is 0 Å². The summed E-state index contributed by atoms with van der Waals surface area (Å²) in [6.45, 7) is 1.89. The van der Waals surface area contributed by atoms with E-state index < -0.39 is 0 Å². The number of anilines is 2. The molecule has 0 aliphatic carbocycles. The highest BCUT2D eigenvalue weighted by Crippen LogP contribution is 2.30. The Morgan fingerprint density at radius 3 is 2.79 bits per heavy atom. The van der Waals surface area contributed by atoms with Crippen LogP contribution in [0.15, 0.2) is 48.9 Å². The number of aromatic nitrogens is 5. The number of nitrogens with two attached hydrogens (primary N) is 1. The summed E-state index contributed by atoms with van der Waals surface area (Å²) in [5.74, 6) is -0.000965. The third kappa shape index (κ3) is 3.26. The molecule has 10 heteroatoms. The van der Waals surface area contributed by atoms with Crippen molar-refractivity contribution in [2.45, 2.75) is 13.0 Å². The fourth-order valence-corrected chi connectivity index (χ4v) is 3.20. The monoisotopic (exact) mass is 406 g/mol. The number of nitrogens with zero attached hydrogens (tertiary/aromatic N) is 6. The van der Waals surface area contributed by atoms with Gasteiger partial charge in [0.15, 0.2) is 16.4 Å². The molecule has 0 saturated heterocycles. The summed E-state index contributed by atoms with van der Waals surface area (Å²) in [5.41, 5.74) is 8.67. The van der Waals surface area contributed by atoms with Crippen molar-refractivity contribution >= 4 is 28.9 Å². The second kappa shape index (κ2) is 7.26. The zero-order valence-electron chi connectivity index (χ0n) is 15.2. The molecule has 4 rings (SSSR count). The molecule has 0 radical (unpaired) electrons. The minimum Gasteiger partial charge on any atom is -0.740 e. The molecule has 144 valence electrons. The lowest BCUT2D eigenvalue weighted by atomic mass is 10.0. The third-order valence-electron chi connectivity index (χ3n) is 4.48.